The minimum atomic E-state index is -0.0902. The van der Waals surface area contributed by atoms with E-state index in [2.05, 4.69) is 109 Å². The Morgan fingerprint density at radius 2 is 1.10 bits per heavy atom. The minimum absolute atomic E-state index is 0.0902. The van der Waals surface area contributed by atoms with Crippen molar-refractivity contribution < 1.29 is 0 Å². The summed E-state index contributed by atoms with van der Waals surface area (Å²) in [6.45, 7) is 4.66. The lowest BCUT2D eigenvalue weighted by Gasteiger charge is -2.21. The molecule has 0 bridgehead atoms. The number of hydrogen-bond acceptors (Lipinski definition) is 4. The van der Waals surface area contributed by atoms with Crippen molar-refractivity contribution in [3.8, 4) is 57.0 Å². The predicted molar refractivity (Wildman–Crippen MR) is 193 cm³/mol. The number of nitriles is 1. The summed E-state index contributed by atoms with van der Waals surface area (Å²) in [5.74, 6) is 1.76. The zero-order chi connectivity index (χ0) is 32.4. The lowest BCUT2D eigenvalue weighted by molar-refractivity contribution is 0.661. The second kappa shape index (κ2) is 10.6. The summed E-state index contributed by atoms with van der Waals surface area (Å²) in [7, 11) is 0. The average Bonchev–Trinajstić information content (AvgIpc) is 3.59. The summed E-state index contributed by atoms with van der Waals surface area (Å²) >= 11 is 0. The standard InChI is InChI=1S/C43H29N5/c1-43(2)36-14-8-6-12-32(36)34-24-35-33-13-7-9-15-38(33)48(39(35)25-37(34)43)31-22-20-30(21-23-31)42-46-40(28-10-4-3-5-11-28)45-41(47-42)29-18-16-27(26-44)17-19-29/h3-25H,1-2H3. The van der Waals surface area contributed by atoms with E-state index in [1.165, 1.54) is 44.1 Å². The van der Waals surface area contributed by atoms with E-state index in [9.17, 15) is 5.26 Å². The van der Waals surface area contributed by atoms with E-state index in [1.54, 1.807) is 12.1 Å². The van der Waals surface area contributed by atoms with Crippen molar-refractivity contribution in [2.45, 2.75) is 19.3 Å². The van der Waals surface area contributed by atoms with Crippen molar-refractivity contribution in [3.63, 3.8) is 0 Å². The van der Waals surface area contributed by atoms with Crippen LogP contribution in [-0.4, -0.2) is 19.5 Å². The van der Waals surface area contributed by atoms with Gasteiger partial charge in [-0.05, 0) is 89.0 Å². The fourth-order valence-corrected chi connectivity index (χ4v) is 7.25. The van der Waals surface area contributed by atoms with Gasteiger partial charge in [-0.3, -0.25) is 0 Å². The number of aromatic nitrogens is 4. The molecule has 8 aromatic rings. The molecule has 226 valence electrons. The molecule has 1 aliphatic rings. The number of fused-ring (bicyclic) bond motifs is 6. The third kappa shape index (κ3) is 4.27. The summed E-state index contributed by atoms with van der Waals surface area (Å²) < 4.78 is 2.37. The van der Waals surface area contributed by atoms with Crippen LogP contribution in [0.15, 0.2) is 140 Å². The monoisotopic (exact) mass is 615 g/mol. The fourth-order valence-electron chi connectivity index (χ4n) is 7.25. The van der Waals surface area contributed by atoms with Gasteiger partial charge in [-0.1, -0.05) is 86.6 Å². The zero-order valence-electron chi connectivity index (χ0n) is 26.5. The Morgan fingerprint density at radius 3 is 1.79 bits per heavy atom. The average molecular weight is 616 g/mol. The van der Waals surface area contributed by atoms with E-state index in [4.69, 9.17) is 15.0 Å². The van der Waals surface area contributed by atoms with E-state index < -0.39 is 0 Å². The first-order chi connectivity index (χ1) is 23.5. The molecule has 0 saturated heterocycles. The van der Waals surface area contributed by atoms with Crippen molar-refractivity contribution in [2.24, 2.45) is 0 Å². The third-order valence-electron chi connectivity index (χ3n) is 9.70. The first-order valence-electron chi connectivity index (χ1n) is 16.1. The van der Waals surface area contributed by atoms with Crippen LogP contribution in [0.3, 0.4) is 0 Å². The SMILES string of the molecule is CC1(C)c2ccccc2-c2cc3c4ccccc4n(-c4ccc(-c5nc(-c6ccccc6)nc(-c6ccc(C#N)cc6)n5)cc4)c3cc21. The maximum Gasteiger partial charge on any atom is 0.164 e. The highest BCUT2D eigenvalue weighted by atomic mass is 15.0. The van der Waals surface area contributed by atoms with Crippen molar-refractivity contribution in [3.05, 3.63) is 156 Å². The lowest BCUT2D eigenvalue weighted by Crippen LogP contribution is -2.14. The predicted octanol–water partition coefficient (Wildman–Crippen LogP) is 10.1. The van der Waals surface area contributed by atoms with E-state index in [0.29, 0.717) is 23.0 Å². The van der Waals surface area contributed by atoms with Crippen LogP contribution in [0.1, 0.15) is 30.5 Å². The van der Waals surface area contributed by atoms with Crippen molar-refractivity contribution >= 4 is 21.8 Å². The van der Waals surface area contributed by atoms with Gasteiger partial charge in [0.15, 0.2) is 17.5 Å². The van der Waals surface area contributed by atoms with E-state index in [0.717, 1.165) is 22.4 Å². The van der Waals surface area contributed by atoms with Crippen LogP contribution >= 0.6 is 0 Å². The summed E-state index contributed by atoms with van der Waals surface area (Å²) in [5.41, 5.74) is 12.0. The Bertz CT molecular complexity index is 2570. The van der Waals surface area contributed by atoms with Gasteiger partial charge in [0.2, 0.25) is 0 Å². The summed E-state index contributed by atoms with van der Waals surface area (Å²) in [6.07, 6.45) is 0. The van der Waals surface area contributed by atoms with Crippen molar-refractivity contribution in [1.29, 1.82) is 5.26 Å². The quantitative estimate of drug-likeness (QED) is 0.198. The Kier molecular flexibility index (Phi) is 6.15. The normalized spacial score (nSPS) is 12.9. The fraction of sp³-hybridized carbons (Fsp3) is 0.0698. The molecular weight excluding hydrogens is 587 g/mol. The molecule has 9 rings (SSSR count). The first kappa shape index (κ1) is 27.9. The van der Waals surface area contributed by atoms with Crippen LogP contribution in [0.2, 0.25) is 0 Å². The number of para-hydroxylation sites is 1. The summed E-state index contributed by atoms with van der Waals surface area (Å²) in [4.78, 5) is 14.7. The third-order valence-corrected chi connectivity index (χ3v) is 9.70. The molecule has 0 amide bonds. The van der Waals surface area contributed by atoms with Crippen LogP contribution < -0.4 is 0 Å². The molecule has 0 aliphatic heterocycles. The molecule has 0 radical (unpaired) electrons. The molecule has 0 saturated carbocycles. The molecule has 1 aliphatic carbocycles. The Morgan fingerprint density at radius 1 is 0.521 bits per heavy atom. The second-order valence-electron chi connectivity index (χ2n) is 12.8. The molecule has 2 heterocycles. The molecule has 0 fully saturated rings. The van der Waals surface area contributed by atoms with Crippen molar-refractivity contribution in [1.82, 2.24) is 19.5 Å². The zero-order valence-corrected chi connectivity index (χ0v) is 26.5. The smallest absolute Gasteiger partial charge is 0.164 e. The largest absolute Gasteiger partial charge is 0.309 e. The summed E-state index contributed by atoms with van der Waals surface area (Å²) in [5, 5.41) is 11.8. The van der Waals surface area contributed by atoms with Gasteiger partial charge >= 0.3 is 0 Å². The molecule has 48 heavy (non-hydrogen) atoms. The lowest BCUT2D eigenvalue weighted by atomic mass is 9.82. The van der Waals surface area contributed by atoms with Crippen LogP contribution in [0.5, 0.6) is 0 Å². The number of rotatable bonds is 4. The molecule has 0 atom stereocenters. The van der Waals surface area contributed by atoms with E-state index in [1.807, 2.05) is 42.5 Å². The minimum Gasteiger partial charge on any atom is -0.309 e. The van der Waals surface area contributed by atoms with Gasteiger partial charge in [0, 0.05) is 38.6 Å². The molecule has 0 unspecified atom stereocenters. The van der Waals surface area contributed by atoms with Gasteiger partial charge < -0.3 is 4.57 Å². The van der Waals surface area contributed by atoms with Gasteiger partial charge in [0.25, 0.3) is 0 Å². The van der Waals surface area contributed by atoms with Gasteiger partial charge in [0.05, 0.1) is 22.7 Å². The molecule has 6 aromatic carbocycles. The van der Waals surface area contributed by atoms with E-state index >= 15 is 0 Å². The van der Waals surface area contributed by atoms with Gasteiger partial charge in [-0.25, -0.2) is 15.0 Å². The topological polar surface area (TPSA) is 67.4 Å². The molecule has 5 nitrogen and oxygen atoms in total. The van der Waals surface area contributed by atoms with Crippen LogP contribution in [0.4, 0.5) is 0 Å². The first-order valence-corrected chi connectivity index (χ1v) is 16.1. The Labute approximate surface area is 278 Å². The number of hydrogen-bond donors (Lipinski definition) is 0. The van der Waals surface area contributed by atoms with E-state index in [-0.39, 0.29) is 5.41 Å². The van der Waals surface area contributed by atoms with Crippen molar-refractivity contribution in [2.75, 3.05) is 0 Å². The highest BCUT2D eigenvalue weighted by Crippen LogP contribution is 2.51. The molecule has 5 heteroatoms. The molecule has 0 spiro atoms. The molecular formula is C43H29N5. The Hall–Kier alpha value is -6.38. The van der Waals surface area contributed by atoms with Crippen LogP contribution in [0, 0.1) is 11.3 Å². The maximum absolute atomic E-state index is 9.30. The highest BCUT2D eigenvalue weighted by molar-refractivity contribution is 6.11. The van der Waals surface area contributed by atoms with Gasteiger partial charge in [-0.15, -0.1) is 0 Å². The Balaban J connectivity index is 1.19. The molecule has 2 aromatic heterocycles. The number of nitrogens with zero attached hydrogens (tertiary/aromatic N) is 5. The summed E-state index contributed by atoms with van der Waals surface area (Å²) in [6, 6.07) is 50.2. The van der Waals surface area contributed by atoms with Crippen LogP contribution in [0.25, 0.3) is 72.8 Å². The van der Waals surface area contributed by atoms with Crippen LogP contribution in [-0.2, 0) is 5.41 Å². The molecule has 0 N–H and O–H groups in total. The number of benzene rings is 6. The highest BCUT2D eigenvalue weighted by Gasteiger charge is 2.36. The second-order valence-corrected chi connectivity index (χ2v) is 12.8. The van der Waals surface area contributed by atoms with Gasteiger partial charge in [-0.2, -0.15) is 5.26 Å². The maximum atomic E-state index is 9.30. The van der Waals surface area contributed by atoms with Gasteiger partial charge in [0.1, 0.15) is 0 Å².